The average molecular weight is 235 g/mol. The van der Waals surface area contributed by atoms with Crippen molar-refractivity contribution in [1.82, 2.24) is 0 Å². The third-order valence-electron chi connectivity index (χ3n) is 1.79. The van der Waals surface area contributed by atoms with Crippen LogP contribution < -0.4 is 4.74 Å². The van der Waals surface area contributed by atoms with Crippen LogP contribution in [0.4, 0.5) is 0 Å². The van der Waals surface area contributed by atoms with Crippen molar-refractivity contribution in [3.8, 4) is 5.75 Å². The molecule has 86 valence electrons. The Balaban J connectivity index is 2.83. The summed E-state index contributed by atoms with van der Waals surface area (Å²) in [5.41, 5.74) is 0.820. The molecule has 0 aromatic heterocycles. The van der Waals surface area contributed by atoms with Crippen molar-refractivity contribution in [2.45, 2.75) is 26.4 Å². The van der Waals surface area contributed by atoms with E-state index in [0.29, 0.717) is 0 Å². The minimum absolute atomic E-state index is 0.177. The molecule has 0 saturated carbocycles. The minimum Gasteiger partial charge on any atom is -0.488 e. The number of benzene rings is 1. The Morgan fingerprint density at radius 3 is 2.31 bits per heavy atom. The number of hydrogen-bond donors (Lipinski definition) is 1. The smallest absolute Gasteiger partial charge is 0.120 e. The Kier molecular flexibility index (Phi) is 4.19. The minimum atomic E-state index is -0.177. The van der Waals surface area contributed by atoms with Gasteiger partial charge in [-0.25, -0.2) is 0 Å². The molecule has 0 radical (unpaired) electrons. The molecule has 0 aliphatic carbocycles. The van der Waals surface area contributed by atoms with Crippen LogP contribution in [-0.4, -0.2) is 12.3 Å². The molecule has 0 atom stereocenters. The molecule has 1 aromatic rings. The maximum absolute atomic E-state index is 5.72. The highest BCUT2D eigenvalue weighted by atomic mass is 32.1. The molecule has 0 unspecified atom stereocenters. The highest BCUT2D eigenvalue weighted by molar-refractivity contribution is 7.90. The molecule has 0 heterocycles. The summed E-state index contributed by atoms with van der Waals surface area (Å²) in [4.78, 5) is 4.46. The molecule has 16 heavy (non-hydrogen) atoms. The van der Waals surface area contributed by atoms with Crippen LogP contribution in [0.1, 0.15) is 26.3 Å². The number of ether oxygens (including phenoxy) is 1. The molecular weight excluding hydrogens is 218 g/mol. The van der Waals surface area contributed by atoms with E-state index in [1.165, 1.54) is 0 Å². The highest BCUT2D eigenvalue weighted by Crippen LogP contribution is 2.23. The van der Waals surface area contributed by atoms with Crippen LogP contribution in [0.3, 0.4) is 0 Å². The van der Waals surface area contributed by atoms with Crippen molar-refractivity contribution in [3.05, 3.63) is 36.0 Å². The molecule has 0 aliphatic rings. The zero-order valence-electron chi connectivity index (χ0n) is 9.90. The van der Waals surface area contributed by atoms with Crippen LogP contribution in [0.5, 0.6) is 5.75 Å². The van der Waals surface area contributed by atoms with Gasteiger partial charge in [-0.1, -0.05) is 12.1 Å². The predicted molar refractivity (Wildman–Crippen MR) is 73.3 cm³/mol. The first-order valence-corrected chi connectivity index (χ1v) is 5.51. The van der Waals surface area contributed by atoms with E-state index >= 15 is 0 Å². The molecule has 1 aromatic carbocycles. The Morgan fingerprint density at radius 2 is 1.88 bits per heavy atom. The van der Waals surface area contributed by atoms with Gasteiger partial charge < -0.3 is 4.74 Å². The summed E-state index contributed by atoms with van der Waals surface area (Å²) in [6, 6.07) is 7.75. The van der Waals surface area contributed by atoms with Crippen molar-refractivity contribution in [2.75, 3.05) is 0 Å². The lowest BCUT2D eigenvalue weighted by molar-refractivity contribution is 0.131. The summed E-state index contributed by atoms with van der Waals surface area (Å²) in [5.74, 6) is 0.851. The second-order valence-electron chi connectivity index (χ2n) is 4.44. The molecule has 3 heteroatoms. The topological polar surface area (TPSA) is 21.6 Å². The number of rotatable bonds is 3. The van der Waals surface area contributed by atoms with Crippen LogP contribution in [0.25, 0.3) is 4.91 Å². The molecular formula is C13H17NOS. The number of nitrogens with zero attached hydrogens (tertiary/aromatic N) is 1. The predicted octanol–water partition coefficient (Wildman–Crippen LogP) is 3.79. The largest absolute Gasteiger partial charge is 0.488 e. The van der Waals surface area contributed by atoms with Crippen molar-refractivity contribution in [1.29, 1.82) is 0 Å². The zero-order valence-corrected chi connectivity index (χ0v) is 10.8. The molecule has 0 aliphatic heterocycles. The Hall–Kier alpha value is -1.22. The van der Waals surface area contributed by atoms with E-state index < -0.39 is 0 Å². The van der Waals surface area contributed by atoms with Crippen molar-refractivity contribution in [2.24, 2.45) is 4.99 Å². The normalized spacial score (nSPS) is 12.4. The van der Waals surface area contributed by atoms with E-state index in [9.17, 15) is 0 Å². The molecule has 2 nitrogen and oxygen atoms in total. The van der Waals surface area contributed by atoms with Crippen LogP contribution in [0.2, 0.25) is 0 Å². The van der Waals surface area contributed by atoms with Crippen LogP contribution in [-0.2, 0) is 0 Å². The van der Waals surface area contributed by atoms with E-state index in [1.54, 1.807) is 6.20 Å². The second kappa shape index (κ2) is 5.21. The third-order valence-corrected chi connectivity index (χ3v) is 2.16. The first-order chi connectivity index (χ1) is 7.42. The number of thiol groups is 1. The zero-order chi connectivity index (χ0) is 12.2. The van der Waals surface area contributed by atoms with E-state index in [0.717, 1.165) is 16.2 Å². The lowest BCUT2D eigenvalue weighted by Crippen LogP contribution is -2.22. The molecule has 0 N–H and O–H groups in total. The molecule has 0 fully saturated rings. The summed E-state index contributed by atoms with van der Waals surface area (Å²) in [7, 11) is 0. The van der Waals surface area contributed by atoms with Gasteiger partial charge in [0, 0.05) is 11.1 Å². The van der Waals surface area contributed by atoms with Gasteiger partial charge in [0.15, 0.2) is 0 Å². The average Bonchev–Trinajstić information content (AvgIpc) is 2.16. The van der Waals surface area contributed by atoms with Crippen molar-refractivity contribution < 1.29 is 4.74 Å². The Bertz CT molecular complexity index is 387. The molecule has 0 spiro atoms. The van der Waals surface area contributed by atoms with E-state index in [-0.39, 0.29) is 5.60 Å². The SMILES string of the molecule is C=N/C=C(\S)c1ccc(OC(C)(C)C)cc1. The van der Waals surface area contributed by atoms with E-state index in [1.807, 2.05) is 45.0 Å². The van der Waals surface area contributed by atoms with Gasteiger partial charge in [0.25, 0.3) is 0 Å². The second-order valence-corrected chi connectivity index (χ2v) is 4.92. The monoisotopic (exact) mass is 235 g/mol. The summed E-state index contributed by atoms with van der Waals surface area (Å²) >= 11 is 4.31. The fourth-order valence-electron chi connectivity index (χ4n) is 1.21. The Labute approximate surface area is 102 Å². The standard InChI is InChI=1S/C13H17NOS/c1-13(2,3)15-11-7-5-10(6-8-11)12(16)9-14-4/h5-9,16H,4H2,1-3H3/b12-9-. The first-order valence-electron chi connectivity index (χ1n) is 5.07. The van der Waals surface area contributed by atoms with Gasteiger partial charge in [-0.05, 0) is 45.2 Å². The first kappa shape index (κ1) is 12.8. The van der Waals surface area contributed by atoms with Gasteiger partial charge in [-0.2, -0.15) is 0 Å². The van der Waals surface area contributed by atoms with Crippen molar-refractivity contribution >= 4 is 24.3 Å². The lowest BCUT2D eigenvalue weighted by Gasteiger charge is -2.21. The number of hydrogen-bond acceptors (Lipinski definition) is 3. The third kappa shape index (κ3) is 4.11. The summed E-state index contributed by atoms with van der Waals surface area (Å²) in [5, 5.41) is 0. The lowest BCUT2D eigenvalue weighted by atomic mass is 10.1. The fourth-order valence-corrected chi connectivity index (χ4v) is 1.44. The maximum Gasteiger partial charge on any atom is 0.120 e. The van der Waals surface area contributed by atoms with Crippen LogP contribution in [0.15, 0.2) is 35.5 Å². The van der Waals surface area contributed by atoms with Gasteiger partial charge >= 0.3 is 0 Å². The van der Waals surface area contributed by atoms with E-state index in [4.69, 9.17) is 4.74 Å². The fraction of sp³-hybridized carbons (Fsp3) is 0.308. The molecule has 0 saturated heterocycles. The molecule has 0 bridgehead atoms. The van der Waals surface area contributed by atoms with Crippen molar-refractivity contribution in [3.63, 3.8) is 0 Å². The number of aliphatic imine (C=N–C) groups is 1. The van der Waals surface area contributed by atoms with E-state index in [2.05, 4.69) is 24.3 Å². The highest BCUT2D eigenvalue weighted by Gasteiger charge is 2.11. The van der Waals surface area contributed by atoms with Crippen LogP contribution in [0, 0.1) is 0 Å². The van der Waals surface area contributed by atoms with Gasteiger partial charge in [-0.3, -0.25) is 4.99 Å². The molecule has 1 rings (SSSR count). The Morgan fingerprint density at radius 1 is 1.31 bits per heavy atom. The van der Waals surface area contributed by atoms with Gasteiger partial charge in [-0.15, -0.1) is 12.6 Å². The quantitative estimate of drug-likeness (QED) is 0.624. The van der Waals surface area contributed by atoms with Gasteiger partial charge in [0.05, 0.1) is 0 Å². The summed E-state index contributed by atoms with van der Waals surface area (Å²) in [6.07, 6.45) is 1.61. The molecule has 0 amide bonds. The van der Waals surface area contributed by atoms with Gasteiger partial charge in [0.2, 0.25) is 0 Å². The van der Waals surface area contributed by atoms with Gasteiger partial charge in [0.1, 0.15) is 11.4 Å². The summed E-state index contributed by atoms with van der Waals surface area (Å²) < 4.78 is 5.72. The van der Waals surface area contributed by atoms with Crippen LogP contribution >= 0.6 is 12.6 Å². The maximum atomic E-state index is 5.72. The summed E-state index contributed by atoms with van der Waals surface area (Å²) in [6.45, 7) is 9.45.